The van der Waals surface area contributed by atoms with Gasteiger partial charge in [0.1, 0.15) is 11.5 Å². The molecule has 0 saturated carbocycles. The number of nitrogens with one attached hydrogen (secondary N) is 1. The van der Waals surface area contributed by atoms with Crippen LogP contribution in [0.5, 0.6) is 11.5 Å². The highest BCUT2D eigenvalue weighted by molar-refractivity contribution is 7.99. The molecule has 4 rings (SSSR count). The standard InChI is InChI=1S/C26H25N3O4S/c1-32-17-7-16-27-24(30)18-34-26-28-23-11-6-5-10-22(23)25(31)29(26)19-12-14-21(15-13-19)33-20-8-3-2-4-9-20/h2-6,8-15H,7,16-18H2,1H3,(H,27,30). The van der Waals surface area contributed by atoms with Gasteiger partial charge in [0.15, 0.2) is 5.16 Å². The normalized spacial score (nSPS) is 10.9. The number of methoxy groups -OCH3 is 1. The number of carbonyl (C=O) groups is 1. The summed E-state index contributed by atoms with van der Waals surface area (Å²) in [6.07, 6.45) is 0.739. The van der Waals surface area contributed by atoms with E-state index in [4.69, 9.17) is 9.47 Å². The van der Waals surface area contributed by atoms with E-state index in [2.05, 4.69) is 10.3 Å². The maximum atomic E-state index is 13.4. The lowest BCUT2D eigenvalue weighted by Gasteiger charge is -2.14. The second-order valence-corrected chi connectivity index (χ2v) is 8.39. The average Bonchev–Trinajstić information content (AvgIpc) is 2.87. The Labute approximate surface area is 201 Å². The SMILES string of the molecule is COCCCNC(=O)CSc1nc2ccccc2c(=O)n1-c1ccc(Oc2ccccc2)cc1. The Morgan fingerprint density at radius 3 is 2.44 bits per heavy atom. The van der Waals surface area contributed by atoms with Crippen LogP contribution in [0.1, 0.15) is 6.42 Å². The Bertz CT molecular complexity index is 1310. The number of hydrogen-bond donors (Lipinski definition) is 1. The summed E-state index contributed by atoms with van der Waals surface area (Å²) in [7, 11) is 1.63. The number of fused-ring (bicyclic) bond motifs is 1. The van der Waals surface area contributed by atoms with Crippen molar-refractivity contribution in [3.63, 3.8) is 0 Å². The Morgan fingerprint density at radius 2 is 1.68 bits per heavy atom. The number of nitrogens with zero attached hydrogens (tertiary/aromatic N) is 2. The van der Waals surface area contributed by atoms with Crippen LogP contribution in [-0.4, -0.2) is 41.5 Å². The Morgan fingerprint density at radius 1 is 0.971 bits per heavy atom. The summed E-state index contributed by atoms with van der Waals surface area (Å²) >= 11 is 1.23. The van der Waals surface area contributed by atoms with Crippen LogP contribution in [-0.2, 0) is 9.53 Å². The zero-order valence-corrected chi connectivity index (χ0v) is 19.6. The quantitative estimate of drug-likeness (QED) is 0.208. The molecular weight excluding hydrogens is 450 g/mol. The van der Waals surface area contributed by atoms with Crippen molar-refractivity contribution in [2.24, 2.45) is 0 Å². The smallest absolute Gasteiger partial charge is 0.266 e. The third-order valence-electron chi connectivity index (χ3n) is 5.00. The molecule has 0 spiro atoms. The zero-order valence-electron chi connectivity index (χ0n) is 18.8. The molecule has 3 aromatic carbocycles. The summed E-state index contributed by atoms with van der Waals surface area (Å²) in [4.78, 5) is 30.3. The van der Waals surface area contributed by atoms with Crippen LogP contribution in [0.4, 0.5) is 0 Å². The fraction of sp³-hybridized carbons (Fsp3) is 0.192. The Kier molecular flexibility index (Phi) is 7.95. The molecule has 0 aliphatic rings. The van der Waals surface area contributed by atoms with E-state index in [1.54, 1.807) is 31.4 Å². The largest absolute Gasteiger partial charge is 0.457 e. The Hall–Kier alpha value is -3.62. The van der Waals surface area contributed by atoms with Crippen molar-refractivity contribution in [2.45, 2.75) is 11.6 Å². The fourth-order valence-electron chi connectivity index (χ4n) is 3.35. The van der Waals surface area contributed by atoms with Gasteiger partial charge in [-0.3, -0.25) is 14.2 Å². The lowest BCUT2D eigenvalue weighted by molar-refractivity contribution is -0.118. The first-order valence-corrected chi connectivity index (χ1v) is 11.9. The molecule has 1 N–H and O–H groups in total. The minimum Gasteiger partial charge on any atom is -0.457 e. The van der Waals surface area contributed by atoms with Gasteiger partial charge in [-0.2, -0.15) is 0 Å². The van der Waals surface area contributed by atoms with E-state index in [-0.39, 0.29) is 17.2 Å². The molecule has 0 bridgehead atoms. The molecule has 1 aromatic heterocycles. The molecule has 34 heavy (non-hydrogen) atoms. The predicted octanol–water partition coefficient (Wildman–Crippen LogP) is 4.42. The van der Waals surface area contributed by atoms with Crippen molar-refractivity contribution in [2.75, 3.05) is 26.0 Å². The van der Waals surface area contributed by atoms with Crippen LogP contribution in [0.2, 0.25) is 0 Å². The summed E-state index contributed by atoms with van der Waals surface area (Å²) in [5.41, 5.74) is 1.05. The molecule has 7 nitrogen and oxygen atoms in total. The minimum absolute atomic E-state index is 0.123. The molecule has 0 aliphatic carbocycles. The maximum absolute atomic E-state index is 13.4. The summed E-state index contributed by atoms with van der Waals surface area (Å²) < 4.78 is 12.4. The highest BCUT2D eigenvalue weighted by Crippen LogP contribution is 2.25. The number of aromatic nitrogens is 2. The molecule has 174 valence electrons. The Balaban J connectivity index is 1.59. The van der Waals surface area contributed by atoms with Crippen LogP contribution in [0, 0.1) is 0 Å². The van der Waals surface area contributed by atoms with Crippen LogP contribution in [0.3, 0.4) is 0 Å². The zero-order chi connectivity index (χ0) is 23.8. The van der Waals surface area contributed by atoms with Crippen molar-refractivity contribution >= 4 is 28.6 Å². The number of benzene rings is 3. The monoisotopic (exact) mass is 475 g/mol. The van der Waals surface area contributed by atoms with E-state index in [1.807, 2.05) is 54.6 Å². The van der Waals surface area contributed by atoms with Gasteiger partial charge < -0.3 is 14.8 Å². The van der Waals surface area contributed by atoms with Crippen molar-refractivity contribution < 1.29 is 14.3 Å². The molecule has 8 heteroatoms. The molecular formula is C26H25N3O4S. The van der Waals surface area contributed by atoms with E-state index < -0.39 is 0 Å². The molecule has 0 fully saturated rings. The van der Waals surface area contributed by atoms with Gasteiger partial charge in [0.25, 0.3) is 5.56 Å². The number of thioether (sulfide) groups is 1. The fourth-order valence-corrected chi connectivity index (χ4v) is 4.19. The second kappa shape index (κ2) is 11.5. The lowest BCUT2D eigenvalue weighted by atomic mass is 10.2. The first kappa shape index (κ1) is 23.5. The number of hydrogen-bond acceptors (Lipinski definition) is 6. The van der Waals surface area contributed by atoms with Gasteiger partial charge in [-0.15, -0.1) is 0 Å². The molecule has 0 unspecified atom stereocenters. The van der Waals surface area contributed by atoms with Crippen LogP contribution < -0.4 is 15.6 Å². The summed E-state index contributed by atoms with van der Waals surface area (Å²) in [5, 5.41) is 3.82. The number of amides is 1. The first-order chi connectivity index (χ1) is 16.7. The van der Waals surface area contributed by atoms with Gasteiger partial charge in [0, 0.05) is 20.3 Å². The van der Waals surface area contributed by atoms with Crippen molar-refractivity contribution in [3.8, 4) is 17.2 Å². The van der Waals surface area contributed by atoms with Gasteiger partial charge in [-0.05, 0) is 55.0 Å². The molecule has 1 amide bonds. The molecule has 4 aromatic rings. The van der Waals surface area contributed by atoms with Crippen molar-refractivity contribution in [3.05, 3.63) is 89.2 Å². The number of ether oxygens (including phenoxy) is 2. The van der Waals surface area contributed by atoms with E-state index in [0.717, 1.165) is 12.2 Å². The first-order valence-electron chi connectivity index (χ1n) is 10.9. The van der Waals surface area contributed by atoms with E-state index in [9.17, 15) is 9.59 Å². The van der Waals surface area contributed by atoms with Crippen LogP contribution in [0.15, 0.2) is 88.8 Å². The van der Waals surface area contributed by atoms with Crippen molar-refractivity contribution in [1.82, 2.24) is 14.9 Å². The van der Waals surface area contributed by atoms with Crippen molar-refractivity contribution in [1.29, 1.82) is 0 Å². The van der Waals surface area contributed by atoms with Crippen LogP contribution in [0.25, 0.3) is 16.6 Å². The predicted molar refractivity (Wildman–Crippen MR) is 134 cm³/mol. The third kappa shape index (κ3) is 5.84. The third-order valence-corrected chi connectivity index (χ3v) is 5.94. The van der Waals surface area contributed by atoms with Gasteiger partial charge >= 0.3 is 0 Å². The van der Waals surface area contributed by atoms with Gasteiger partial charge in [0.2, 0.25) is 5.91 Å². The van der Waals surface area contributed by atoms with Gasteiger partial charge in [0.05, 0.1) is 22.3 Å². The molecule has 0 atom stereocenters. The molecule has 0 saturated heterocycles. The van der Waals surface area contributed by atoms with E-state index in [1.165, 1.54) is 16.3 Å². The summed E-state index contributed by atoms with van der Waals surface area (Å²) in [6.45, 7) is 1.12. The number of carbonyl (C=O) groups excluding carboxylic acids is 1. The van der Waals surface area contributed by atoms with Gasteiger partial charge in [-0.1, -0.05) is 42.1 Å². The maximum Gasteiger partial charge on any atom is 0.266 e. The highest BCUT2D eigenvalue weighted by atomic mass is 32.2. The molecule has 0 radical (unpaired) electrons. The van der Waals surface area contributed by atoms with E-state index >= 15 is 0 Å². The van der Waals surface area contributed by atoms with Crippen LogP contribution >= 0.6 is 11.8 Å². The average molecular weight is 476 g/mol. The highest BCUT2D eigenvalue weighted by Gasteiger charge is 2.15. The summed E-state index contributed by atoms with van der Waals surface area (Å²) in [6, 6.07) is 23.9. The topological polar surface area (TPSA) is 82.5 Å². The summed E-state index contributed by atoms with van der Waals surface area (Å²) in [5.74, 6) is 1.41. The van der Waals surface area contributed by atoms with Gasteiger partial charge in [-0.25, -0.2) is 4.98 Å². The number of para-hydroxylation sites is 2. The molecule has 1 heterocycles. The number of rotatable bonds is 10. The van der Waals surface area contributed by atoms with E-state index in [0.29, 0.717) is 40.6 Å². The lowest BCUT2D eigenvalue weighted by Crippen LogP contribution is -2.28. The molecule has 0 aliphatic heterocycles. The minimum atomic E-state index is -0.190. The second-order valence-electron chi connectivity index (χ2n) is 7.45.